The molecule has 18 heavy (non-hydrogen) atoms. The molecule has 0 aromatic heterocycles. The minimum absolute atomic E-state index is 0.255. The lowest BCUT2D eigenvalue weighted by Gasteiger charge is -2.17. The van der Waals surface area contributed by atoms with E-state index in [-0.39, 0.29) is 11.9 Å². The fourth-order valence-electron chi connectivity index (χ4n) is 2.02. The van der Waals surface area contributed by atoms with Crippen LogP contribution in [-0.2, 0) is 0 Å². The van der Waals surface area contributed by atoms with Gasteiger partial charge < -0.3 is 5.73 Å². The number of rotatable bonds is 2. The van der Waals surface area contributed by atoms with Crippen LogP contribution in [0.25, 0.3) is 0 Å². The maximum atomic E-state index is 13.3. The molecule has 1 nitrogen and oxygen atoms in total. The second-order valence-corrected chi connectivity index (χ2v) is 5.36. The lowest BCUT2D eigenvalue weighted by molar-refractivity contribution is 0.622. The van der Waals surface area contributed by atoms with Crippen LogP contribution in [0, 0.1) is 19.7 Å². The van der Waals surface area contributed by atoms with Gasteiger partial charge in [0.25, 0.3) is 0 Å². The van der Waals surface area contributed by atoms with Gasteiger partial charge in [-0.3, -0.25) is 0 Å². The Morgan fingerprint density at radius 3 is 2.50 bits per heavy atom. The molecule has 0 bridgehead atoms. The summed E-state index contributed by atoms with van der Waals surface area (Å²) in [7, 11) is 0. The molecule has 3 heteroatoms. The Kier molecular flexibility index (Phi) is 3.83. The monoisotopic (exact) mass is 307 g/mol. The Morgan fingerprint density at radius 1 is 1.06 bits per heavy atom. The summed E-state index contributed by atoms with van der Waals surface area (Å²) in [4.78, 5) is 0. The van der Waals surface area contributed by atoms with Crippen LogP contribution < -0.4 is 5.73 Å². The molecule has 2 N–H and O–H groups in total. The van der Waals surface area contributed by atoms with Crippen LogP contribution in [0.2, 0.25) is 0 Å². The van der Waals surface area contributed by atoms with Gasteiger partial charge >= 0.3 is 0 Å². The predicted molar refractivity (Wildman–Crippen MR) is 76.0 cm³/mol. The van der Waals surface area contributed by atoms with Gasteiger partial charge in [0.15, 0.2) is 0 Å². The zero-order chi connectivity index (χ0) is 13.3. The molecule has 2 aromatic carbocycles. The number of aryl methyl sites for hydroxylation is 2. The topological polar surface area (TPSA) is 26.0 Å². The molecule has 94 valence electrons. The highest BCUT2D eigenvalue weighted by atomic mass is 79.9. The van der Waals surface area contributed by atoms with E-state index in [1.165, 1.54) is 12.1 Å². The first-order valence-electron chi connectivity index (χ1n) is 5.76. The lowest BCUT2D eigenvalue weighted by atomic mass is 9.95. The SMILES string of the molecule is Cc1ccc(Br)c(C(N)c2cc(F)ccc2C)c1. The van der Waals surface area contributed by atoms with E-state index in [4.69, 9.17) is 5.73 Å². The molecule has 0 aliphatic carbocycles. The molecule has 0 fully saturated rings. The molecule has 0 saturated heterocycles. The van der Waals surface area contributed by atoms with Crippen LogP contribution in [0.15, 0.2) is 40.9 Å². The molecule has 2 aromatic rings. The van der Waals surface area contributed by atoms with Gasteiger partial charge in [-0.05, 0) is 48.7 Å². The van der Waals surface area contributed by atoms with Gasteiger partial charge in [-0.2, -0.15) is 0 Å². The Balaban J connectivity index is 2.50. The Hall–Kier alpha value is -1.19. The highest BCUT2D eigenvalue weighted by molar-refractivity contribution is 9.10. The van der Waals surface area contributed by atoms with E-state index in [1.54, 1.807) is 6.07 Å². The van der Waals surface area contributed by atoms with Gasteiger partial charge in [0.05, 0.1) is 6.04 Å². The largest absolute Gasteiger partial charge is 0.320 e. The molecule has 1 atom stereocenters. The summed E-state index contributed by atoms with van der Waals surface area (Å²) in [6.45, 7) is 3.96. The van der Waals surface area contributed by atoms with Crippen molar-refractivity contribution in [3.63, 3.8) is 0 Å². The minimum atomic E-state index is -0.324. The fourth-order valence-corrected chi connectivity index (χ4v) is 2.51. The summed E-state index contributed by atoms with van der Waals surface area (Å²) in [5.41, 5.74) is 10.2. The van der Waals surface area contributed by atoms with Crippen molar-refractivity contribution in [2.24, 2.45) is 5.73 Å². The van der Waals surface area contributed by atoms with Crippen molar-refractivity contribution in [1.82, 2.24) is 0 Å². The third-order valence-corrected chi connectivity index (χ3v) is 3.79. The number of hydrogen-bond donors (Lipinski definition) is 1. The number of nitrogens with two attached hydrogens (primary N) is 1. The molecule has 0 aliphatic rings. The van der Waals surface area contributed by atoms with Gasteiger partial charge in [0.2, 0.25) is 0 Å². The summed E-state index contributed by atoms with van der Waals surface area (Å²) >= 11 is 3.50. The van der Waals surface area contributed by atoms with Gasteiger partial charge in [0, 0.05) is 4.47 Å². The molecule has 0 saturated carbocycles. The summed E-state index contributed by atoms with van der Waals surface area (Å²) in [5.74, 6) is -0.255. The quantitative estimate of drug-likeness (QED) is 0.881. The van der Waals surface area contributed by atoms with Crippen molar-refractivity contribution in [3.05, 3.63) is 68.9 Å². The zero-order valence-electron chi connectivity index (χ0n) is 10.4. The van der Waals surface area contributed by atoms with Crippen molar-refractivity contribution in [2.75, 3.05) is 0 Å². The maximum Gasteiger partial charge on any atom is 0.123 e. The maximum absolute atomic E-state index is 13.3. The first-order valence-corrected chi connectivity index (χ1v) is 6.56. The molecule has 2 rings (SSSR count). The second kappa shape index (κ2) is 5.21. The summed E-state index contributed by atoms with van der Waals surface area (Å²) in [6, 6.07) is 10.4. The van der Waals surface area contributed by atoms with Crippen LogP contribution in [-0.4, -0.2) is 0 Å². The van der Waals surface area contributed by atoms with Crippen LogP contribution in [0.5, 0.6) is 0 Å². The second-order valence-electron chi connectivity index (χ2n) is 4.50. The first-order chi connectivity index (χ1) is 8.49. The van der Waals surface area contributed by atoms with Crippen molar-refractivity contribution < 1.29 is 4.39 Å². The van der Waals surface area contributed by atoms with Gasteiger partial charge in [-0.25, -0.2) is 4.39 Å². The normalized spacial score (nSPS) is 12.5. The standard InChI is InChI=1S/C15H15BrFN/c1-9-3-6-14(16)13(7-9)15(18)12-8-11(17)5-4-10(12)2/h3-8,15H,18H2,1-2H3. The van der Waals surface area contributed by atoms with Crippen LogP contribution in [0.3, 0.4) is 0 Å². The van der Waals surface area contributed by atoms with Gasteiger partial charge in [-0.1, -0.05) is 39.7 Å². The van der Waals surface area contributed by atoms with E-state index in [9.17, 15) is 4.39 Å². The molecule has 0 spiro atoms. The van der Waals surface area contributed by atoms with Crippen molar-refractivity contribution in [2.45, 2.75) is 19.9 Å². The molecule has 0 radical (unpaired) electrons. The smallest absolute Gasteiger partial charge is 0.123 e. The van der Waals surface area contributed by atoms with E-state index >= 15 is 0 Å². The number of benzene rings is 2. The Morgan fingerprint density at radius 2 is 1.78 bits per heavy atom. The Bertz CT molecular complexity index is 529. The molecule has 0 amide bonds. The Labute approximate surface area is 115 Å². The van der Waals surface area contributed by atoms with Crippen LogP contribution in [0.4, 0.5) is 4.39 Å². The summed E-state index contributed by atoms with van der Waals surface area (Å²) in [5, 5.41) is 0. The van der Waals surface area contributed by atoms with Crippen LogP contribution >= 0.6 is 15.9 Å². The molecule has 1 unspecified atom stereocenters. The number of halogens is 2. The summed E-state index contributed by atoms with van der Waals surface area (Å²) < 4.78 is 14.3. The van der Waals surface area contributed by atoms with Crippen molar-refractivity contribution in [1.29, 1.82) is 0 Å². The predicted octanol–water partition coefficient (Wildman–Crippen LogP) is 4.25. The van der Waals surface area contributed by atoms with Crippen molar-refractivity contribution in [3.8, 4) is 0 Å². The lowest BCUT2D eigenvalue weighted by Crippen LogP contribution is -2.14. The van der Waals surface area contributed by atoms with E-state index in [1.807, 2.05) is 32.0 Å². The van der Waals surface area contributed by atoms with Gasteiger partial charge in [0.1, 0.15) is 5.82 Å². The molecular formula is C15H15BrFN. The molecule has 0 heterocycles. The third kappa shape index (κ3) is 2.62. The van der Waals surface area contributed by atoms with Crippen molar-refractivity contribution >= 4 is 15.9 Å². The molecular weight excluding hydrogens is 293 g/mol. The van der Waals surface area contributed by atoms with Crippen LogP contribution in [0.1, 0.15) is 28.3 Å². The number of hydrogen-bond acceptors (Lipinski definition) is 1. The van der Waals surface area contributed by atoms with E-state index in [2.05, 4.69) is 15.9 Å². The minimum Gasteiger partial charge on any atom is -0.320 e. The average Bonchev–Trinajstić information content (AvgIpc) is 2.34. The average molecular weight is 308 g/mol. The highest BCUT2D eigenvalue weighted by Crippen LogP contribution is 2.29. The molecule has 0 aliphatic heterocycles. The zero-order valence-corrected chi connectivity index (χ0v) is 12.0. The van der Waals surface area contributed by atoms with E-state index in [0.717, 1.165) is 26.7 Å². The third-order valence-electron chi connectivity index (χ3n) is 3.06. The summed E-state index contributed by atoms with van der Waals surface area (Å²) in [6.07, 6.45) is 0. The highest BCUT2D eigenvalue weighted by Gasteiger charge is 2.15. The fraction of sp³-hybridized carbons (Fsp3) is 0.200. The van der Waals surface area contributed by atoms with Gasteiger partial charge in [-0.15, -0.1) is 0 Å². The van der Waals surface area contributed by atoms with E-state index in [0.29, 0.717) is 0 Å². The van der Waals surface area contributed by atoms with E-state index < -0.39 is 0 Å². The first kappa shape index (κ1) is 13.2.